The molecule has 0 saturated heterocycles. The molecule has 1 fully saturated rings. The van der Waals surface area contributed by atoms with Gasteiger partial charge in [0.15, 0.2) is 0 Å². The summed E-state index contributed by atoms with van der Waals surface area (Å²) in [6.45, 7) is 6.96. The lowest BCUT2D eigenvalue weighted by atomic mass is 9.98. The predicted octanol–water partition coefficient (Wildman–Crippen LogP) is 2.07. The maximum atomic E-state index is 5.48. The minimum atomic E-state index is 0.799. The van der Waals surface area contributed by atoms with Crippen LogP contribution in [0.1, 0.15) is 32.6 Å². The molecular formula is C13H27NO2. The molecule has 0 bridgehead atoms. The molecule has 16 heavy (non-hydrogen) atoms. The average Bonchev–Trinajstić information content (AvgIpc) is 2.68. The molecular weight excluding hydrogens is 202 g/mol. The summed E-state index contributed by atoms with van der Waals surface area (Å²) in [5, 5.41) is 3.49. The molecule has 0 spiro atoms. The molecule has 0 amide bonds. The van der Waals surface area contributed by atoms with E-state index in [1.807, 2.05) is 0 Å². The van der Waals surface area contributed by atoms with E-state index in [0.717, 1.165) is 44.6 Å². The first kappa shape index (κ1) is 13.9. The first-order valence-corrected chi connectivity index (χ1v) is 6.62. The monoisotopic (exact) mass is 229 g/mol. The van der Waals surface area contributed by atoms with Crippen LogP contribution in [0.2, 0.25) is 0 Å². The third-order valence-electron chi connectivity index (χ3n) is 3.51. The number of hydrogen-bond acceptors (Lipinski definition) is 3. The molecule has 0 radical (unpaired) electrons. The Balaban J connectivity index is 1.81. The van der Waals surface area contributed by atoms with Crippen LogP contribution >= 0.6 is 0 Å². The fourth-order valence-electron chi connectivity index (χ4n) is 2.36. The summed E-state index contributed by atoms with van der Waals surface area (Å²) in [4.78, 5) is 0. The molecule has 3 nitrogen and oxygen atoms in total. The lowest BCUT2D eigenvalue weighted by molar-refractivity contribution is 0.104. The minimum Gasteiger partial charge on any atom is -0.385 e. The second-order valence-corrected chi connectivity index (χ2v) is 4.83. The van der Waals surface area contributed by atoms with Crippen LogP contribution in [0.4, 0.5) is 0 Å². The van der Waals surface area contributed by atoms with Crippen LogP contribution in [0.15, 0.2) is 0 Å². The van der Waals surface area contributed by atoms with E-state index in [2.05, 4.69) is 12.2 Å². The van der Waals surface area contributed by atoms with Gasteiger partial charge in [0.2, 0.25) is 0 Å². The number of nitrogens with one attached hydrogen (secondary N) is 1. The largest absolute Gasteiger partial charge is 0.385 e. The van der Waals surface area contributed by atoms with Crippen molar-refractivity contribution in [2.24, 2.45) is 11.8 Å². The summed E-state index contributed by atoms with van der Waals surface area (Å²) in [6, 6.07) is 0. The Morgan fingerprint density at radius 2 is 2.06 bits per heavy atom. The van der Waals surface area contributed by atoms with Crippen LogP contribution in [-0.4, -0.2) is 40.0 Å². The third-order valence-corrected chi connectivity index (χ3v) is 3.51. The van der Waals surface area contributed by atoms with Crippen LogP contribution in [0.25, 0.3) is 0 Å². The van der Waals surface area contributed by atoms with E-state index in [0.29, 0.717) is 0 Å². The van der Waals surface area contributed by atoms with Gasteiger partial charge in [-0.3, -0.25) is 0 Å². The zero-order valence-electron chi connectivity index (χ0n) is 10.8. The summed E-state index contributed by atoms with van der Waals surface area (Å²) < 4.78 is 10.4. The van der Waals surface area contributed by atoms with Gasteiger partial charge in [0.25, 0.3) is 0 Å². The predicted molar refractivity (Wildman–Crippen MR) is 66.7 cm³/mol. The lowest BCUT2D eigenvalue weighted by Crippen LogP contribution is -2.27. The summed E-state index contributed by atoms with van der Waals surface area (Å²) in [5.41, 5.74) is 0. The molecule has 0 heterocycles. The second kappa shape index (κ2) is 8.97. The Morgan fingerprint density at radius 3 is 2.75 bits per heavy atom. The number of ether oxygens (including phenoxy) is 2. The molecule has 96 valence electrons. The molecule has 1 rings (SSSR count). The van der Waals surface area contributed by atoms with Crippen LogP contribution in [-0.2, 0) is 9.47 Å². The first-order chi connectivity index (χ1) is 7.84. The van der Waals surface area contributed by atoms with Gasteiger partial charge in [0, 0.05) is 26.9 Å². The van der Waals surface area contributed by atoms with E-state index in [9.17, 15) is 0 Å². The van der Waals surface area contributed by atoms with Gasteiger partial charge in [0.1, 0.15) is 0 Å². The molecule has 0 aromatic rings. The fourth-order valence-corrected chi connectivity index (χ4v) is 2.36. The highest BCUT2D eigenvalue weighted by Crippen LogP contribution is 2.30. The van der Waals surface area contributed by atoms with E-state index < -0.39 is 0 Å². The summed E-state index contributed by atoms with van der Waals surface area (Å²) in [5.74, 6) is 1.81. The van der Waals surface area contributed by atoms with Crippen molar-refractivity contribution in [3.8, 4) is 0 Å². The topological polar surface area (TPSA) is 30.5 Å². The Kier molecular flexibility index (Phi) is 7.81. The number of rotatable bonds is 9. The molecule has 2 unspecified atom stereocenters. The molecule has 3 heteroatoms. The van der Waals surface area contributed by atoms with Crippen LogP contribution in [0, 0.1) is 11.8 Å². The molecule has 0 aromatic heterocycles. The summed E-state index contributed by atoms with van der Waals surface area (Å²) >= 11 is 0. The molecule has 1 aliphatic rings. The van der Waals surface area contributed by atoms with Gasteiger partial charge in [-0.2, -0.15) is 0 Å². The molecule has 2 atom stereocenters. The van der Waals surface area contributed by atoms with E-state index in [1.54, 1.807) is 7.11 Å². The number of methoxy groups -OCH3 is 1. The van der Waals surface area contributed by atoms with Crippen molar-refractivity contribution in [3.63, 3.8) is 0 Å². The van der Waals surface area contributed by atoms with Gasteiger partial charge in [-0.1, -0.05) is 19.8 Å². The zero-order chi connectivity index (χ0) is 11.6. The normalized spacial score (nSPS) is 25.1. The van der Waals surface area contributed by atoms with Crippen molar-refractivity contribution in [2.75, 3.05) is 40.0 Å². The third kappa shape index (κ3) is 5.83. The first-order valence-electron chi connectivity index (χ1n) is 6.62. The van der Waals surface area contributed by atoms with Gasteiger partial charge in [-0.25, -0.2) is 0 Å². The van der Waals surface area contributed by atoms with E-state index in [-0.39, 0.29) is 0 Å². The summed E-state index contributed by atoms with van der Waals surface area (Å²) in [7, 11) is 1.73. The van der Waals surface area contributed by atoms with Gasteiger partial charge >= 0.3 is 0 Å². The van der Waals surface area contributed by atoms with Crippen molar-refractivity contribution in [1.29, 1.82) is 0 Å². The Hall–Kier alpha value is -0.120. The quantitative estimate of drug-likeness (QED) is 0.614. The molecule has 0 aromatic carbocycles. The van der Waals surface area contributed by atoms with Gasteiger partial charge in [-0.05, 0) is 31.2 Å². The SMILES string of the molecule is COCCCOCCNCC1CCCC1C. The van der Waals surface area contributed by atoms with Gasteiger partial charge in [-0.15, -0.1) is 0 Å². The smallest absolute Gasteiger partial charge is 0.0590 e. The lowest BCUT2D eigenvalue weighted by Gasteiger charge is -2.15. The van der Waals surface area contributed by atoms with Crippen molar-refractivity contribution >= 4 is 0 Å². The molecule has 0 aliphatic heterocycles. The Bertz CT molecular complexity index is 164. The second-order valence-electron chi connectivity index (χ2n) is 4.83. The molecule has 1 aliphatic carbocycles. The highest BCUT2D eigenvalue weighted by molar-refractivity contribution is 4.75. The van der Waals surface area contributed by atoms with Crippen molar-refractivity contribution in [1.82, 2.24) is 5.32 Å². The standard InChI is InChI=1S/C13H27NO2/c1-12-5-3-6-13(12)11-14-7-10-16-9-4-8-15-2/h12-14H,3-11H2,1-2H3. The number of hydrogen-bond donors (Lipinski definition) is 1. The highest BCUT2D eigenvalue weighted by atomic mass is 16.5. The van der Waals surface area contributed by atoms with Gasteiger partial charge < -0.3 is 14.8 Å². The van der Waals surface area contributed by atoms with Crippen LogP contribution < -0.4 is 5.32 Å². The Morgan fingerprint density at radius 1 is 1.19 bits per heavy atom. The van der Waals surface area contributed by atoms with Crippen molar-refractivity contribution in [3.05, 3.63) is 0 Å². The zero-order valence-corrected chi connectivity index (χ0v) is 10.8. The maximum Gasteiger partial charge on any atom is 0.0590 e. The van der Waals surface area contributed by atoms with E-state index >= 15 is 0 Å². The van der Waals surface area contributed by atoms with Crippen molar-refractivity contribution < 1.29 is 9.47 Å². The van der Waals surface area contributed by atoms with Crippen molar-refractivity contribution in [2.45, 2.75) is 32.6 Å². The average molecular weight is 229 g/mol. The Labute approximate surface area is 99.9 Å². The van der Waals surface area contributed by atoms with Crippen LogP contribution in [0.5, 0.6) is 0 Å². The van der Waals surface area contributed by atoms with Gasteiger partial charge in [0.05, 0.1) is 6.61 Å². The maximum absolute atomic E-state index is 5.48. The minimum absolute atomic E-state index is 0.799. The van der Waals surface area contributed by atoms with E-state index in [4.69, 9.17) is 9.47 Å². The summed E-state index contributed by atoms with van der Waals surface area (Å²) in [6.07, 6.45) is 5.24. The molecule has 1 N–H and O–H groups in total. The molecule has 1 saturated carbocycles. The van der Waals surface area contributed by atoms with E-state index in [1.165, 1.54) is 25.8 Å². The van der Waals surface area contributed by atoms with Crippen LogP contribution in [0.3, 0.4) is 0 Å². The highest BCUT2D eigenvalue weighted by Gasteiger charge is 2.22. The fraction of sp³-hybridized carbons (Fsp3) is 1.00.